The van der Waals surface area contributed by atoms with Gasteiger partial charge >= 0.3 is 0 Å². The Morgan fingerprint density at radius 1 is 1.48 bits per heavy atom. The summed E-state index contributed by atoms with van der Waals surface area (Å²) in [5, 5.41) is 11.7. The maximum atomic E-state index is 12.0. The second kappa shape index (κ2) is 7.70. The Hall–Kier alpha value is -2.00. The molecule has 0 unspecified atom stereocenters. The number of nitrogens with two attached hydrogens (primary N) is 1. The molecule has 0 spiro atoms. The molecular weight excluding hydrogens is 298 g/mol. The van der Waals surface area contributed by atoms with Gasteiger partial charge in [-0.15, -0.1) is 0 Å². The number of hydrogen-bond donors (Lipinski definition) is 3. The first-order valence-corrected chi connectivity index (χ1v) is 7.83. The Kier molecular flexibility index (Phi) is 6.25. The number of amidine groups is 1. The summed E-state index contributed by atoms with van der Waals surface area (Å²) < 4.78 is 36.5. The topological polar surface area (TPSA) is 123 Å². The molecule has 0 aliphatic carbocycles. The van der Waals surface area contributed by atoms with E-state index in [-0.39, 0.29) is 35.2 Å². The maximum Gasteiger partial charge on any atom is 0.235 e. The Bertz CT molecular complexity index is 601. The summed E-state index contributed by atoms with van der Waals surface area (Å²) in [6.45, 7) is 2.27. The molecule has 1 aromatic carbocycles. The number of rotatable bonds is 8. The van der Waals surface area contributed by atoms with E-state index in [9.17, 15) is 8.42 Å². The van der Waals surface area contributed by atoms with Gasteiger partial charge in [0.15, 0.2) is 5.84 Å². The number of hydrogen-bond acceptors (Lipinski definition) is 6. The zero-order valence-electron chi connectivity index (χ0n) is 11.9. The molecule has 0 heterocycles. The van der Waals surface area contributed by atoms with E-state index in [1.54, 1.807) is 19.1 Å². The van der Waals surface area contributed by atoms with Crippen molar-refractivity contribution in [3.63, 3.8) is 0 Å². The Balaban J connectivity index is 3.11. The van der Waals surface area contributed by atoms with Gasteiger partial charge in [0.25, 0.3) is 0 Å². The summed E-state index contributed by atoms with van der Waals surface area (Å²) in [5.74, 6) is -0.176. The minimum Gasteiger partial charge on any atom is -0.495 e. The van der Waals surface area contributed by atoms with Crippen LogP contribution in [0.25, 0.3) is 0 Å². The van der Waals surface area contributed by atoms with Crippen LogP contribution in [0.5, 0.6) is 5.75 Å². The van der Waals surface area contributed by atoms with Crippen molar-refractivity contribution in [2.75, 3.05) is 30.8 Å². The van der Waals surface area contributed by atoms with Crippen LogP contribution >= 0.6 is 0 Å². The second-order valence-corrected chi connectivity index (χ2v) is 5.83. The number of nitrogens with zero attached hydrogens (tertiary/aromatic N) is 1. The standard InChI is InChI=1S/C12H19N3O5S/c1-3-20-7-8-21(17,18)15-11-9(12(13)14-16)5-4-6-10(11)19-2/h4-6,15-16H,3,7-8H2,1-2H3,(H2,13,14). The number of benzene rings is 1. The molecule has 0 fully saturated rings. The van der Waals surface area contributed by atoms with Gasteiger partial charge in [0, 0.05) is 12.2 Å². The average Bonchev–Trinajstić information content (AvgIpc) is 2.46. The van der Waals surface area contributed by atoms with E-state index >= 15 is 0 Å². The van der Waals surface area contributed by atoms with Crippen molar-refractivity contribution in [2.45, 2.75) is 6.92 Å². The van der Waals surface area contributed by atoms with Gasteiger partial charge < -0.3 is 20.4 Å². The van der Waals surface area contributed by atoms with Crippen molar-refractivity contribution in [1.29, 1.82) is 0 Å². The molecule has 0 bridgehead atoms. The second-order valence-electron chi connectivity index (χ2n) is 3.99. The van der Waals surface area contributed by atoms with Gasteiger partial charge in [0.05, 0.1) is 19.5 Å². The first-order chi connectivity index (χ1) is 9.95. The number of para-hydroxylation sites is 1. The minimum absolute atomic E-state index is 0.0693. The third-order valence-electron chi connectivity index (χ3n) is 2.59. The quantitative estimate of drug-likeness (QED) is 0.212. The van der Waals surface area contributed by atoms with Crippen LogP contribution in [-0.2, 0) is 14.8 Å². The Labute approximate surface area is 123 Å². The zero-order chi connectivity index (χ0) is 15.9. The average molecular weight is 317 g/mol. The van der Waals surface area contributed by atoms with Gasteiger partial charge in [-0.2, -0.15) is 0 Å². The number of anilines is 1. The fourth-order valence-corrected chi connectivity index (χ4v) is 2.55. The summed E-state index contributed by atoms with van der Waals surface area (Å²) in [6, 6.07) is 4.68. The molecule has 1 aromatic rings. The van der Waals surface area contributed by atoms with Crippen molar-refractivity contribution < 1.29 is 23.1 Å². The van der Waals surface area contributed by atoms with Crippen LogP contribution in [0.2, 0.25) is 0 Å². The monoisotopic (exact) mass is 317 g/mol. The number of nitrogens with one attached hydrogen (secondary N) is 1. The van der Waals surface area contributed by atoms with E-state index < -0.39 is 10.0 Å². The molecule has 8 nitrogen and oxygen atoms in total. The molecule has 0 aliphatic rings. The van der Waals surface area contributed by atoms with E-state index in [0.717, 1.165) is 0 Å². The molecule has 9 heteroatoms. The highest BCUT2D eigenvalue weighted by Gasteiger charge is 2.18. The van der Waals surface area contributed by atoms with Gasteiger partial charge in [-0.1, -0.05) is 11.2 Å². The zero-order valence-corrected chi connectivity index (χ0v) is 12.7. The molecule has 0 aromatic heterocycles. The molecule has 4 N–H and O–H groups in total. The van der Waals surface area contributed by atoms with E-state index in [2.05, 4.69) is 9.88 Å². The lowest BCUT2D eigenvalue weighted by Crippen LogP contribution is -2.23. The number of oxime groups is 1. The number of sulfonamides is 1. The van der Waals surface area contributed by atoms with Gasteiger partial charge in [-0.3, -0.25) is 4.72 Å². The summed E-state index contributed by atoms with van der Waals surface area (Å²) in [5.41, 5.74) is 5.88. The summed E-state index contributed by atoms with van der Waals surface area (Å²) in [4.78, 5) is 0. The highest BCUT2D eigenvalue weighted by atomic mass is 32.2. The van der Waals surface area contributed by atoms with E-state index in [1.165, 1.54) is 13.2 Å². The lowest BCUT2D eigenvalue weighted by molar-refractivity contribution is 0.163. The lowest BCUT2D eigenvalue weighted by Gasteiger charge is -2.15. The molecular formula is C12H19N3O5S. The molecule has 0 atom stereocenters. The first kappa shape index (κ1) is 17.1. The van der Waals surface area contributed by atoms with Crippen LogP contribution < -0.4 is 15.2 Å². The number of ether oxygens (including phenoxy) is 2. The van der Waals surface area contributed by atoms with Gasteiger partial charge in [0.2, 0.25) is 10.0 Å². The van der Waals surface area contributed by atoms with Crippen LogP contribution in [-0.4, -0.2) is 45.5 Å². The van der Waals surface area contributed by atoms with E-state index in [4.69, 9.17) is 20.4 Å². The van der Waals surface area contributed by atoms with Crippen molar-refractivity contribution in [3.05, 3.63) is 23.8 Å². The van der Waals surface area contributed by atoms with E-state index in [0.29, 0.717) is 6.61 Å². The third-order valence-corrected chi connectivity index (χ3v) is 3.81. The minimum atomic E-state index is -3.65. The Morgan fingerprint density at radius 3 is 2.76 bits per heavy atom. The van der Waals surface area contributed by atoms with Gasteiger partial charge in [0.1, 0.15) is 11.4 Å². The van der Waals surface area contributed by atoms with Crippen LogP contribution in [0.1, 0.15) is 12.5 Å². The largest absolute Gasteiger partial charge is 0.495 e. The molecule has 0 amide bonds. The molecule has 0 saturated carbocycles. The van der Waals surface area contributed by atoms with Crippen molar-refractivity contribution >= 4 is 21.5 Å². The van der Waals surface area contributed by atoms with Crippen LogP contribution in [0.15, 0.2) is 23.4 Å². The highest BCUT2D eigenvalue weighted by Crippen LogP contribution is 2.29. The molecule has 0 aliphatic heterocycles. The van der Waals surface area contributed by atoms with Crippen LogP contribution in [0.3, 0.4) is 0 Å². The van der Waals surface area contributed by atoms with Crippen LogP contribution in [0.4, 0.5) is 5.69 Å². The fraction of sp³-hybridized carbons (Fsp3) is 0.417. The predicted molar refractivity (Wildman–Crippen MR) is 79.4 cm³/mol. The van der Waals surface area contributed by atoms with Gasteiger partial charge in [-0.05, 0) is 19.1 Å². The van der Waals surface area contributed by atoms with Crippen molar-refractivity contribution in [3.8, 4) is 5.75 Å². The summed E-state index contributed by atoms with van der Waals surface area (Å²) >= 11 is 0. The molecule has 0 radical (unpaired) electrons. The van der Waals surface area contributed by atoms with Crippen LogP contribution in [0, 0.1) is 0 Å². The highest BCUT2D eigenvalue weighted by molar-refractivity contribution is 7.92. The Morgan fingerprint density at radius 2 is 2.19 bits per heavy atom. The van der Waals surface area contributed by atoms with Gasteiger partial charge in [-0.25, -0.2) is 8.42 Å². The predicted octanol–water partition coefficient (Wildman–Crippen LogP) is 0.568. The van der Waals surface area contributed by atoms with E-state index in [1.807, 2.05) is 0 Å². The maximum absolute atomic E-state index is 12.0. The first-order valence-electron chi connectivity index (χ1n) is 6.18. The summed E-state index contributed by atoms with van der Waals surface area (Å²) in [6.07, 6.45) is 0. The molecule has 1 rings (SSSR count). The molecule has 0 saturated heterocycles. The van der Waals surface area contributed by atoms with Crippen molar-refractivity contribution in [1.82, 2.24) is 0 Å². The molecule has 21 heavy (non-hydrogen) atoms. The smallest absolute Gasteiger partial charge is 0.235 e. The summed E-state index contributed by atoms with van der Waals surface area (Å²) in [7, 11) is -2.26. The SMILES string of the molecule is CCOCCS(=O)(=O)Nc1c(OC)cccc1/C(N)=N/O. The van der Waals surface area contributed by atoms with Crippen molar-refractivity contribution in [2.24, 2.45) is 10.9 Å². The number of methoxy groups -OCH3 is 1. The third kappa shape index (κ3) is 4.80. The fourth-order valence-electron chi connectivity index (χ4n) is 1.59. The normalized spacial score (nSPS) is 12.2. The lowest BCUT2D eigenvalue weighted by atomic mass is 10.1. The molecule has 118 valence electrons.